The summed E-state index contributed by atoms with van der Waals surface area (Å²) in [6, 6.07) is 4.48. The Kier molecular flexibility index (Phi) is 6.92. The number of carboxylic acids is 1. The molecule has 11 heteroatoms. The first-order chi connectivity index (χ1) is 15.8. The highest BCUT2D eigenvalue weighted by atomic mass is 35.5. The number of H-pyrrole nitrogens is 1. The van der Waals surface area contributed by atoms with Gasteiger partial charge in [0.2, 0.25) is 12.3 Å². The number of aromatic nitrogens is 1. The molecule has 1 aromatic heterocycles. The van der Waals surface area contributed by atoms with Crippen LogP contribution in [0.15, 0.2) is 30.3 Å². The van der Waals surface area contributed by atoms with E-state index in [1.807, 2.05) is 0 Å². The second kappa shape index (κ2) is 9.38. The molecule has 0 saturated carbocycles. The van der Waals surface area contributed by atoms with Crippen molar-refractivity contribution in [3.05, 3.63) is 69.6 Å². The number of carbonyl (C=O) groups excluding carboxylic acids is 2. The number of amides is 2. The van der Waals surface area contributed by atoms with Crippen molar-refractivity contribution in [3.63, 3.8) is 0 Å². The van der Waals surface area contributed by atoms with Gasteiger partial charge in [-0.2, -0.15) is 0 Å². The van der Waals surface area contributed by atoms with Gasteiger partial charge in [-0.05, 0) is 39.0 Å². The predicted molar refractivity (Wildman–Crippen MR) is 119 cm³/mol. The molecule has 3 aromatic rings. The number of carbonyl (C=O) groups is 3. The van der Waals surface area contributed by atoms with E-state index < -0.39 is 53.0 Å². The Morgan fingerprint density at radius 3 is 2.44 bits per heavy atom. The molecular formula is C23H21ClF3N3O4. The number of nitrogens with one attached hydrogen (secondary N) is 2. The molecule has 0 spiro atoms. The van der Waals surface area contributed by atoms with Crippen molar-refractivity contribution in [1.29, 1.82) is 0 Å². The van der Waals surface area contributed by atoms with Crippen LogP contribution in [-0.2, 0) is 16.1 Å². The minimum Gasteiger partial charge on any atom is -0.477 e. The van der Waals surface area contributed by atoms with Crippen molar-refractivity contribution in [2.75, 3.05) is 0 Å². The molecule has 3 N–H and O–H groups in total. The van der Waals surface area contributed by atoms with E-state index in [4.69, 9.17) is 11.6 Å². The summed E-state index contributed by atoms with van der Waals surface area (Å²) < 4.78 is 41.5. The predicted octanol–water partition coefficient (Wildman–Crippen LogP) is 4.55. The average Bonchev–Trinajstić information content (AvgIpc) is 3.10. The molecule has 180 valence electrons. The van der Waals surface area contributed by atoms with E-state index in [2.05, 4.69) is 10.3 Å². The van der Waals surface area contributed by atoms with Crippen LogP contribution >= 0.6 is 11.6 Å². The van der Waals surface area contributed by atoms with Gasteiger partial charge in [-0.15, -0.1) is 0 Å². The minimum atomic E-state index is -1.73. The standard InChI is InChI=1S/C23H21ClF3N3O4/c1-23(2,3)29-21(32)20(30(10-31)9-11-4-7-14(25)18(27)17(11)26)16-13-6-5-12(24)8-15(13)28-19(16)22(33)34/h4-8,10,20,28H,9H2,1-3H3,(H,29,32)(H,33,34). The molecule has 0 fully saturated rings. The van der Waals surface area contributed by atoms with Crippen LogP contribution in [-0.4, -0.2) is 38.8 Å². The molecule has 0 aliphatic rings. The second-order valence-electron chi connectivity index (χ2n) is 8.66. The molecule has 0 aliphatic heterocycles. The van der Waals surface area contributed by atoms with E-state index in [9.17, 15) is 32.7 Å². The first kappa shape index (κ1) is 25.1. The van der Waals surface area contributed by atoms with Crippen LogP contribution in [0.5, 0.6) is 0 Å². The van der Waals surface area contributed by atoms with Crippen molar-refractivity contribution in [2.24, 2.45) is 0 Å². The maximum Gasteiger partial charge on any atom is 0.352 e. The smallest absolute Gasteiger partial charge is 0.352 e. The van der Waals surface area contributed by atoms with Crippen molar-refractivity contribution in [3.8, 4) is 0 Å². The number of benzene rings is 2. The van der Waals surface area contributed by atoms with E-state index in [1.165, 1.54) is 18.2 Å². The summed E-state index contributed by atoms with van der Waals surface area (Å²) in [4.78, 5) is 41.0. The highest BCUT2D eigenvalue weighted by Crippen LogP contribution is 2.34. The number of hydrogen-bond acceptors (Lipinski definition) is 3. The monoisotopic (exact) mass is 495 g/mol. The van der Waals surface area contributed by atoms with Crippen LogP contribution in [0, 0.1) is 17.5 Å². The molecule has 0 bridgehead atoms. The fourth-order valence-electron chi connectivity index (χ4n) is 3.60. The summed E-state index contributed by atoms with van der Waals surface area (Å²) in [5, 5.41) is 13.1. The third kappa shape index (κ3) is 5.01. The number of nitrogens with zero attached hydrogens (tertiary/aromatic N) is 1. The van der Waals surface area contributed by atoms with Crippen molar-refractivity contribution in [2.45, 2.75) is 38.9 Å². The molecule has 1 unspecified atom stereocenters. The molecule has 2 aromatic carbocycles. The minimum absolute atomic E-state index is 0.0731. The van der Waals surface area contributed by atoms with Crippen LogP contribution in [0.1, 0.15) is 48.4 Å². The zero-order valence-electron chi connectivity index (χ0n) is 18.4. The topological polar surface area (TPSA) is 102 Å². The number of carboxylic acid groups (broad SMARTS) is 1. The summed E-state index contributed by atoms with van der Waals surface area (Å²) in [6.45, 7) is 4.38. The summed E-state index contributed by atoms with van der Waals surface area (Å²) >= 11 is 6.01. The first-order valence-corrected chi connectivity index (χ1v) is 10.4. The number of aromatic carboxylic acids is 1. The average molecular weight is 496 g/mol. The maximum absolute atomic E-state index is 14.4. The third-order valence-corrected chi connectivity index (χ3v) is 5.20. The summed E-state index contributed by atoms with van der Waals surface area (Å²) in [5.41, 5.74) is -1.35. The van der Waals surface area contributed by atoms with Gasteiger partial charge < -0.3 is 20.3 Å². The second-order valence-corrected chi connectivity index (χ2v) is 9.10. The Hall–Kier alpha value is -3.53. The van der Waals surface area contributed by atoms with Gasteiger partial charge in [0.05, 0.1) is 0 Å². The van der Waals surface area contributed by atoms with Gasteiger partial charge in [0.15, 0.2) is 17.5 Å². The molecule has 34 heavy (non-hydrogen) atoms. The number of hydrogen-bond donors (Lipinski definition) is 3. The largest absolute Gasteiger partial charge is 0.477 e. The summed E-state index contributed by atoms with van der Waals surface area (Å²) in [6.07, 6.45) is 0.216. The van der Waals surface area contributed by atoms with E-state index in [1.54, 1.807) is 20.8 Å². The van der Waals surface area contributed by atoms with Crippen LogP contribution in [0.3, 0.4) is 0 Å². The first-order valence-electron chi connectivity index (χ1n) is 10.0. The van der Waals surface area contributed by atoms with Crippen molar-refractivity contribution >= 4 is 40.8 Å². The zero-order valence-corrected chi connectivity index (χ0v) is 19.1. The summed E-state index contributed by atoms with van der Waals surface area (Å²) in [5.74, 6) is -6.85. The lowest BCUT2D eigenvalue weighted by Gasteiger charge is -2.31. The van der Waals surface area contributed by atoms with E-state index >= 15 is 0 Å². The fraction of sp³-hybridized carbons (Fsp3) is 0.261. The van der Waals surface area contributed by atoms with E-state index in [0.29, 0.717) is 16.6 Å². The van der Waals surface area contributed by atoms with Crippen molar-refractivity contribution in [1.82, 2.24) is 15.2 Å². The molecular weight excluding hydrogens is 475 g/mol. The maximum atomic E-state index is 14.4. The molecule has 3 rings (SSSR count). The number of halogens is 4. The highest BCUT2D eigenvalue weighted by Gasteiger charge is 2.36. The molecule has 0 aliphatic carbocycles. The van der Waals surface area contributed by atoms with Crippen LogP contribution in [0.25, 0.3) is 10.9 Å². The number of aromatic amines is 1. The fourth-order valence-corrected chi connectivity index (χ4v) is 3.78. The van der Waals surface area contributed by atoms with Crippen molar-refractivity contribution < 1.29 is 32.7 Å². The zero-order chi connectivity index (χ0) is 25.4. The van der Waals surface area contributed by atoms with E-state index in [0.717, 1.165) is 11.0 Å². The number of rotatable bonds is 7. The highest BCUT2D eigenvalue weighted by molar-refractivity contribution is 6.31. The normalized spacial score (nSPS) is 12.4. The molecule has 2 amide bonds. The van der Waals surface area contributed by atoms with Gasteiger partial charge >= 0.3 is 5.97 Å². The molecule has 1 heterocycles. The van der Waals surface area contributed by atoms with Gasteiger partial charge in [-0.25, -0.2) is 18.0 Å². The van der Waals surface area contributed by atoms with Gasteiger partial charge in [-0.3, -0.25) is 9.59 Å². The van der Waals surface area contributed by atoms with Gasteiger partial charge in [-0.1, -0.05) is 23.7 Å². The Morgan fingerprint density at radius 1 is 1.18 bits per heavy atom. The lowest BCUT2D eigenvalue weighted by Crippen LogP contribution is -2.47. The van der Waals surface area contributed by atoms with Gasteiger partial charge in [0.1, 0.15) is 11.7 Å². The Labute approximate surface area is 197 Å². The van der Waals surface area contributed by atoms with E-state index in [-0.39, 0.29) is 23.1 Å². The lowest BCUT2D eigenvalue weighted by atomic mass is 9.98. The molecule has 1 atom stereocenters. The molecule has 0 saturated heterocycles. The van der Waals surface area contributed by atoms with Gasteiger partial charge in [0, 0.05) is 39.1 Å². The van der Waals surface area contributed by atoms with Crippen LogP contribution in [0.2, 0.25) is 5.02 Å². The number of fused-ring (bicyclic) bond motifs is 1. The Morgan fingerprint density at radius 2 is 1.85 bits per heavy atom. The SMILES string of the molecule is CC(C)(C)NC(=O)C(c1c(C(=O)O)[nH]c2cc(Cl)ccc12)N(C=O)Cc1ccc(F)c(F)c1F. The summed E-state index contributed by atoms with van der Waals surface area (Å²) in [7, 11) is 0. The Balaban J connectivity index is 2.23. The third-order valence-electron chi connectivity index (χ3n) is 4.97. The lowest BCUT2D eigenvalue weighted by molar-refractivity contribution is -0.134. The molecule has 0 radical (unpaired) electrons. The Bertz CT molecular complexity index is 1290. The molecule has 7 nitrogen and oxygen atoms in total. The van der Waals surface area contributed by atoms with Crippen LogP contribution < -0.4 is 5.32 Å². The quantitative estimate of drug-likeness (QED) is 0.330. The van der Waals surface area contributed by atoms with Gasteiger partial charge in [0.25, 0.3) is 0 Å². The van der Waals surface area contributed by atoms with Crippen LogP contribution in [0.4, 0.5) is 13.2 Å².